The Bertz CT molecular complexity index is 794. The molecule has 0 saturated heterocycles. The summed E-state index contributed by atoms with van der Waals surface area (Å²) in [5.41, 5.74) is 0.766. The van der Waals surface area contributed by atoms with E-state index in [-0.39, 0.29) is 11.3 Å². The van der Waals surface area contributed by atoms with Gasteiger partial charge in [0.1, 0.15) is 0 Å². The Kier molecular flexibility index (Phi) is 6.47. The molecular formula is C17H15ClN2O5. The highest BCUT2D eigenvalue weighted by Crippen LogP contribution is 2.14. The van der Waals surface area contributed by atoms with Crippen molar-refractivity contribution in [3.8, 4) is 0 Å². The molecule has 7 nitrogen and oxygen atoms in total. The van der Waals surface area contributed by atoms with Gasteiger partial charge < -0.3 is 10.1 Å². The molecule has 25 heavy (non-hydrogen) atoms. The summed E-state index contributed by atoms with van der Waals surface area (Å²) in [6, 6.07) is 12.4. The summed E-state index contributed by atoms with van der Waals surface area (Å²) in [6.07, 6.45) is 0.588. The number of hydrogen-bond acceptors (Lipinski definition) is 5. The summed E-state index contributed by atoms with van der Waals surface area (Å²) < 4.78 is 4.85. The molecule has 2 aromatic carbocycles. The molecule has 0 aliphatic heterocycles. The Labute approximate surface area is 148 Å². The third kappa shape index (κ3) is 5.89. The zero-order chi connectivity index (χ0) is 18.2. The van der Waals surface area contributed by atoms with Gasteiger partial charge in [0.15, 0.2) is 6.61 Å². The fourth-order valence-corrected chi connectivity index (χ4v) is 2.26. The number of esters is 1. The number of halogens is 1. The van der Waals surface area contributed by atoms with Crippen LogP contribution in [0.5, 0.6) is 0 Å². The second-order valence-corrected chi connectivity index (χ2v) is 5.55. The lowest BCUT2D eigenvalue weighted by molar-refractivity contribution is -0.384. The van der Waals surface area contributed by atoms with Crippen LogP contribution in [0.2, 0.25) is 5.02 Å². The summed E-state index contributed by atoms with van der Waals surface area (Å²) in [6.45, 7) is -0.0927. The Morgan fingerprint density at radius 1 is 1.16 bits per heavy atom. The van der Waals surface area contributed by atoms with Gasteiger partial charge in [-0.25, -0.2) is 4.79 Å². The summed E-state index contributed by atoms with van der Waals surface area (Å²) in [7, 11) is 0. The lowest BCUT2D eigenvalue weighted by Crippen LogP contribution is -2.30. The average Bonchev–Trinajstić information content (AvgIpc) is 2.60. The molecule has 0 fully saturated rings. The number of amides is 1. The summed E-state index contributed by atoms with van der Waals surface area (Å²) in [5.74, 6) is -1.26. The molecule has 2 aromatic rings. The van der Waals surface area contributed by atoms with E-state index in [1.165, 1.54) is 18.2 Å². The Morgan fingerprint density at radius 2 is 1.92 bits per heavy atom. The van der Waals surface area contributed by atoms with Crippen LogP contribution in [0, 0.1) is 10.1 Å². The summed E-state index contributed by atoms with van der Waals surface area (Å²) >= 11 is 5.87. The molecule has 2 rings (SSSR count). The highest BCUT2D eigenvalue weighted by Gasteiger charge is 2.14. The number of benzene rings is 2. The average molecular weight is 363 g/mol. The molecule has 0 radical (unpaired) electrons. The maximum Gasteiger partial charge on any atom is 0.338 e. The summed E-state index contributed by atoms with van der Waals surface area (Å²) in [5, 5.41) is 13.9. The molecule has 0 aromatic heterocycles. The fraction of sp³-hybridized carbons (Fsp3) is 0.176. The van der Waals surface area contributed by atoms with Gasteiger partial charge >= 0.3 is 5.97 Å². The predicted octanol–water partition coefficient (Wildman–Crippen LogP) is 2.76. The van der Waals surface area contributed by atoms with Crippen LogP contribution in [0.4, 0.5) is 5.69 Å². The minimum atomic E-state index is -0.798. The van der Waals surface area contributed by atoms with Gasteiger partial charge in [0.25, 0.3) is 11.6 Å². The van der Waals surface area contributed by atoms with Crippen molar-refractivity contribution in [2.24, 2.45) is 0 Å². The van der Waals surface area contributed by atoms with Crippen molar-refractivity contribution in [1.29, 1.82) is 0 Å². The lowest BCUT2D eigenvalue weighted by Gasteiger charge is -2.07. The van der Waals surface area contributed by atoms with Crippen molar-refractivity contribution >= 4 is 29.2 Å². The molecule has 0 atom stereocenters. The standard InChI is InChI=1S/C17H15ClN2O5/c18-14-5-1-3-12(9-14)7-8-19-16(21)11-25-17(22)13-4-2-6-15(10-13)20(23)24/h1-6,9-10H,7-8,11H2,(H,19,21). The third-order valence-electron chi connectivity index (χ3n) is 3.25. The van der Waals surface area contributed by atoms with Crippen LogP contribution in [0.1, 0.15) is 15.9 Å². The van der Waals surface area contributed by atoms with Gasteiger partial charge in [0.05, 0.1) is 10.5 Å². The minimum Gasteiger partial charge on any atom is -0.452 e. The van der Waals surface area contributed by atoms with Gasteiger partial charge in [-0.05, 0) is 30.2 Å². The van der Waals surface area contributed by atoms with E-state index in [9.17, 15) is 19.7 Å². The maximum atomic E-state index is 11.8. The Hall–Kier alpha value is -2.93. The molecule has 0 spiro atoms. The quantitative estimate of drug-likeness (QED) is 0.464. The van der Waals surface area contributed by atoms with Gasteiger partial charge in [-0.1, -0.05) is 29.8 Å². The number of carbonyl (C=O) groups is 2. The van der Waals surface area contributed by atoms with Gasteiger partial charge in [0, 0.05) is 23.7 Å². The Balaban J connectivity index is 1.76. The van der Waals surface area contributed by atoms with Crippen molar-refractivity contribution in [2.45, 2.75) is 6.42 Å². The fourth-order valence-electron chi connectivity index (χ4n) is 2.05. The van der Waals surface area contributed by atoms with Crippen molar-refractivity contribution in [1.82, 2.24) is 5.32 Å². The first kappa shape index (κ1) is 18.4. The van der Waals surface area contributed by atoms with E-state index < -0.39 is 23.4 Å². The number of non-ortho nitro benzene ring substituents is 1. The molecule has 0 aliphatic rings. The molecular weight excluding hydrogens is 348 g/mol. The molecule has 1 amide bonds. The normalized spacial score (nSPS) is 10.1. The van der Waals surface area contributed by atoms with Gasteiger partial charge in [0.2, 0.25) is 0 Å². The zero-order valence-electron chi connectivity index (χ0n) is 13.1. The predicted molar refractivity (Wildman–Crippen MR) is 91.5 cm³/mol. The first-order valence-electron chi connectivity index (χ1n) is 7.38. The molecule has 0 aliphatic carbocycles. The van der Waals surface area contributed by atoms with Crippen LogP contribution in [0.15, 0.2) is 48.5 Å². The topological polar surface area (TPSA) is 98.5 Å². The molecule has 8 heteroatoms. The smallest absolute Gasteiger partial charge is 0.338 e. The van der Waals surface area contributed by atoms with Crippen molar-refractivity contribution in [2.75, 3.05) is 13.2 Å². The highest BCUT2D eigenvalue weighted by molar-refractivity contribution is 6.30. The van der Waals surface area contributed by atoms with E-state index in [0.29, 0.717) is 18.0 Å². The van der Waals surface area contributed by atoms with Crippen LogP contribution in [0.3, 0.4) is 0 Å². The maximum absolute atomic E-state index is 11.8. The molecule has 0 unspecified atom stereocenters. The molecule has 0 saturated carbocycles. The van der Waals surface area contributed by atoms with E-state index in [4.69, 9.17) is 16.3 Å². The number of nitrogens with one attached hydrogen (secondary N) is 1. The largest absolute Gasteiger partial charge is 0.452 e. The van der Waals surface area contributed by atoms with E-state index in [1.54, 1.807) is 12.1 Å². The zero-order valence-corrected chi connectivity index (χ0v) is 13.9. The monoisotopic (exact) mass is 362 g/mol. The number of nitrogens with zero attached hydrogens (tertiary/aromatic N) is 1. The molecule has 0 bridgehead atoms. The van der Waals surface area contributed by atoms with Gasteiger partial charge in [-0.3, -0.25) is 14.9 Å². The number of nitro benzene ring substituents is 1. The molecule has 0 heterocycles. The third-order valence-corrected chi connectivity index (χ3v) is 3.49. The van der Waals surface area contributed by atoms with E-state index in [2.05, 4.69) is 5.32 Å². The van der Waals surface area contributed by atoms with E-state index >= 15 is 0 Å². The molecule has 1 N–H and O–H groups in total. The SMILES string of the molecule is O=C(COC(=O)c1cccc([N+](=O)[O-])c1)NCCc1cccc(Cl)c1. The number of rotatable bonds is 7. The van der Waals surface area contributed by atoms with Crippen molar-refractivity contribution in [3.05, 3.63) is 74.8 Å². The van der Waals surface area contributed by atoms with Crippen LogP contribution in [-0.2, 0) is 16.0 Å². The minimum absolute atomic E-state index is 0.0147. The lowest BCUT2D eigenvalue weighted by atomic mass is 10.1. The Morgan fingerprint density at radius 3 is 2.64 bits per heavy atom. The van der Waals surface area contributed by atoms with Crippen LogP contribution < -0.4 is 5.32 Å². The van der Waals surface area contributed by atoms with E-state index in [1.807, 2.05) is 12.1 Å². The van der Waals surface area contributed by atoms with Crippen LogP contribution >= 0.6 is 11.6 Å². The van der Waals surface area contributed by atoms with Crippen LogP contribution in [-0.4, -0.2) is 30.0 Å². The first-order valence-corrected chi connectivity index (χ1v) is 7.76. The number of hydrogen-bond donors (Lipinski definition) is 1. The highest BCUT2D eigenvalue weighted by atomic mass is 35.5. The number of nitro groups is 1. The summed E-state index contributed by atoms with van der Waals surface area (Å²) in [4.78, 5) is 33.6. The van der Waals surface area contributed by atoms with Gasteiger partial charge in [-0.2, -0.15) is 0 Å². The second kappa shape index (κ2) is 8.79. The van der Waals surface area contributed by atoms with Crippen LogP contribution in [0.25, 0.3) is 0 Å². The first-order chi connectivity index (χ1) is 12.0. The van der Waals surface area contributed by atoms with Crippen molar-refractivity contribution < 1.29 is 19.2 Å². The van der Waals surface area contributed by atoms with E-state index in [0.717, 1.165) is 11.6 Å². The van der Waals surface area contributed by atoms with Gasteiger partial charge in [-0.15, -0.1) is 0 Å². The van der Waals surface area contributed by atoms with Crippen molar-refractivity contribution in [3.63, 3.8) is 0 Å². The number of carbonyl (C=O) groups excluding carboxylic acids is 2. The number of ether oxygens (including phenoxy) is 1. The second-order valence-electron chi connectivity index (χ2n) is 5.11. The molecule has 130 valence electrons.